The Labute approximate surface area is 111 Å². The monoisotopic (exact) mass is 255 g/mol. The quantitative estimate of drug-likeness (QED) is 0.761. The zero-order valence-electron chi connectivity index (χ0n) is 12.0. The molecule has 0 aliphatic carbocycles. The molecule has 0 amide bonds. The normalized spacial score (nSPS) is 26.7. The fourth-order valence-corrected chi connectivity index (χ4v) is 3.11. The van der Waals surface area contributed by atoms with E-state index >= 15 is 0 Å². The van der Waals surface area contributed by atoms with Crippen molar-refractivity contribution in [2.24, 2.45) is 5.92 Å². The van der Waals surface area contributed by atoms with Crippen LogP contribution >= 0.6 is 0 Å². The Balaban J connectivity index is 1.72. The van der Waals surface area contributed by atoms with Crippen LogP contribution in [0.4, 0.5) is 0 Å². The van der Waals surface area contributed by atoms with Crippen LogP contribution in [0, 0.1) is 5.92 Å². The van der Waals surface area contributed by atoms with Gasteiger partial charge in [-0.1, -0.05) is 13.8 Å². The van der Waals surface area contributed by atoms with E-state index in [4.69, 9.17) is 0 Å². The molecule has 0 unspecified atom stereocenters. The fourth-order valence-electron chi connectivity index (χ4n) is 3.11. The third-order valence-corrected chi connectivity index (χ3v) is 4.14. The average Bonchev–Trinajstić information content (AvgIpc) is 2.31. The van der Waals surface area contributed by atoms with Gasteiger partial charge in [0.05, 0.1) is 5.60 Å². The predicted molar refractivity (Wildman–Crippen MR) is 74.8 cm³/mol. The van der Waals surface area contributed by atoms with E-state index < -0.39 is 5.60 Å². The molecular weight excluding hydrogens is 226 g/mol. The van der Waals surface area contributed by atoms with E-state index in [1.54, 1.807) is 0 Å². The number of rotatable bonds is 4. The Morgan fingerprint density at radius 1 is 1.06 bits per heavy atom. The smallest absolute Gasteiger partial charge is 0.0798 e. The van der Waals surface area contributed by atoms with E-state index in [1.807, 2.05) is 0 Å². The second-order valence-corrected chi connectivity index (χ2v) is 6.44. The molecule has 18 heavy (non-hydrogen) atoms. The summed E-state index contributed by atoms with van der Waals surface area (Å²) in [6, 6.07) is 0. The summed E-state index contributed by atoms with van der Waals surface area (Å²) < 4.78 is 0. The molecule has 2 aliphatic rings. The van der Waals surface area contributed by atoms with Crippen molar-refractivity contribution in [3.8, 4) is 0 Å². The van der Waals surface area contributed by atoms with Crippen LogP contribution in [0.15, 0.2) is 0 Å². The zero-order chi connectivity index (χ0) is 13.0. The van der Waals surface area contributed by atoms with Gasteiger partial charge in [0.2, 0.25) is 0 Å². The highest BCUT2D eigenvalue weighted by molar-refractivity contribution is 4.88. The number of nitrogens with zero attached hydrogens (tertiary/aromatic N) is 2. The molecule has 0 radical (unpaired) electrons. The Morgan fingerprint density at radius 2 is 1.61 bits per heavy atom. The Morgan fingerprint density at radius 3 is 2.17 bits per heavy atom. The number of piperazine rings is 1. The minimum Gasteiger partial charge on any atom is -0.388 e. The lowest BCUT2D eigenvalue weighted by molar-refractivity contribution is -0.0313. The third kappa shape index (κ3) is 4.19. The molecule has 0 aromatic rings. The second kappa shape index (κ2) is 6.33. The molecular formula is C14H29N3O. The zero-order valence-corrected chi connectivity index (χ0v) is 12.0. The first kappa shape index (κ1) is 14.3. The summed E-state index contributed by atoms with van der Waals surface area (Å²) in [6.45, 7) is 13.1. The highest BCUT2D eigenvalue weighted by atomic mass is 16.3. The Bertz CT molecular complexity index is 243. The highest BCUT2D eigenvalue weighted by Crippen LogP contribution is 2.20. The summed E-state index contributed by atoms with van der Waals surface area (Å²) in [4.78, 5) is 5.00. The Kier molecular flexibility index (Phi) is 5.01. The van der Waals surface area contributed by atoms with Crippen LogP contribution in [0.3, 0.4) is 0 Å². The third-order valence-electron chi connectivity index (χ3n) is 4.14. The van der Waals surface area contributed by atoms with Gasteiger partial charge in [-0.15, -0.1) is 0 Å². The van der Waals surface area contributed by atoms with Crippen LogP contribution in [-0.4, -0.2) is 72.9 Å². The van der Waals surface area contributed by atoms with E-state index in [0.29, 0.717) is 0 Å². The SMILES string of the molecule is CC(C)CN1CCN(CC2(O)CCNCC2)CC1. The van der Waals surface area contributed by atoms with Crippen molar-refractivity contribution < 1.29 is 5.11 Å². The predicted octanol–water partition coefficient (Wildman–Crippen LogP) is 0.375. The molecule has 2 fully saturated rings. The summed E-state index contributed by atoms with van der Waals surface area (Å²) in [7, 11) is 0. The first-order chi connectivity index (χ1) is 8.57. The summed E-state index contributed by atoms with van der Waals surface area (Å²) in [6.07, 6.45) is 1.80. The lowest BCUT2D eigenvalue weighted by Crippen LogP contribution is -2.54. The van der Waals surface area contributed by atoms with Crippen molar-refractivity contribution in [1.29, 1.82) is 0 Å². The Hall–Kier alpha value is -0.160. The maximum atomic E-state index is 10.5. The molecule has 0 atom stereocenters. The van der Waals surface area contributed by atoms with Crippen LogP contribution in [0.25, 0.3) is 0 Å². The van der Waals surface area contributed by atoms with Gasteiger partial charge in [0.1, 0.15) is 0 Å². The fraction of sp³-hybridized carbons (Fsp3) is 1.00. The standard InChI is InChI=1S/C14H29N3O/c1-13(2)11-16-7-9-17(10-8-16)12-14(18)3-5-15-6-4-14/h13,15,18H,3-12H2,1-2H3. The molecule has 2 saturated heterocycles. The van der Waals surface area contributed by atoms with Crippen molar-refractivity contribution in [2.45, 2.75) is 32.3 Å². The van der Waals surface area contributed by atoms with Gasteiger partial charge in [-0.2, -0.15) is 0 Å². The van der Waals surface area contributed by atoms with Crippen LogP contribution < -0.4 is 5.32 Å². The number of nitrogens with one attached hydrogen (secondary N) is 1. The minimum atomic E-state index is -0.439. The van der Waals surface area contributed by atoms with E-state index in [-0.39, 0.29) is 0 Å². The van der Waals surface area contributed by atoms with Gasteiger partial charge in [0, 0.05) is 39.3 Å². The van der Waals surface area contributed by atoms with Gasteiger partial charge in [-0.05, 0) is 31.8 Å². The van der Waals surface area contributed by atoms with Crippen LogP contribution in [0.1, 0.15) is 26.7 Å². The van der Waals surface area contributed by atoms with E-state index in [9.17, 15) is 5.11 Å². The van der Waals surface area contributed by atoms with Crippen molar-refractivity contribution in [1.82, 2.24) is 15.1 Å². The molecule has 4 nitrogen and oxygen atoms in total. The first-order valence-electron chi connectivity index (χ1n) is 7.45. The largest absolute Gasteiger partial charge is 0.388 e. The van der Waals surface area contributed by atoms with Crippen molar-refractivity contribution in [3.05, 3.63) is 0 Å². The summed E-state index contributed by atoms with van der Waals surface area (Å²) in [5, 5.41) is 13.9. The van der Waals surface area contributed by atoms with Gasteiger partial charge in [0.15, 0.2) is 0 Å². The van der Waals surface area contributed by atoms with Gasteiger partial charge < -0.3 is 15.3 Å². The first-order valence-corrected chi connectivity index (χ1v) is 7.45. The van der Waals surface area contributed by atoms with Crippen LogP contribution in [0.2, 0.25) is 0 Å². The average molecular weight is 255 g/mol. The van der Waals surface area contributed by atoms with E-state index in [2.05, 4.69) is 29.0 Å². The number of hydrogen-bond donors (Lipinski definition) is 2. The lowest BCUT2D eigenvalue weighted by atomic mass is 9.91. The molecule has 0 aromatic heterocycles. The molecule has 0 saturated carbocycles. The maximum Gasteiger partial charge on any atom is 0.0798 e. The van der Waals surface area contributed by atoms with Gasteiger partial charge in [0.25, 0.3) is 0 Å². The highest BCUT2D eigenvalue weighted by Gasteiger charge is 2.32. The molecule has 0 bridgehead atoms. The molecule has 4 heteroatoms. The van der Waals surface area contributed by atoms with Gasteiger partial charge in [-0.25, -0.2) is 0 Å². The second-order valence-electron chi connectivity index (χ2n) is 6.44. The number of hydrogen-bond acceptors (Lipinski definition) is 4. The molecule has 2 N–H and O–H groups in total. The number of aliphatic hydroxyl groups is 1. The van der Waals surface area contributed by atoms with Crippen molar-refractivity contribution in [2.75, 3.05) is 52.4 Å². The van der Waals surface area contributed by atoms with E-state index in [1.165, 1.54) is 6.54 Å². The van der Waals surface area contributed by atoms with E-state index in [0.717, 1.165) is 64.6 Å². The molecule has 2 aliphatic heterocycles. The summed E-state index contributed by atoms with van der Waals surface area (Å²) >= 11 is 0. The molecule has 0 aromatic carbocycles. The molecule has 2 rings (SSSR count). The van der Waals surface area contributed by atoms with Crippen LogP contribution in [-0.2, 0) is 0 Å². The number of β-amino-alcohol motifs (C(OH)–C–C–N with tert-alkyl or cyclic N) is 1. The molecule has 0 spiro atoms. The lowest BCUT2D eigenvalue weighted by Gasteiger charge is -2.41. The summed E-state index contributed by atoms with van der Waals surface area (Å²) in [5.74, 6) is 0.755. The van der Waals surface area contributed by atoms with Crippen molar-refractivity contribution in [3.63, 3.8) is 0 Å². The molecule has 106 valence electrons. The topological polar surface area (TPSA) is 38.7 Å². The maximum absolute atomic E-state index is 10.5. The molecule has 2 heterocycles. The minimum absolute atomic E-state index is 0.439. The number of piperidine rings is 1. The van der Waals surface area contributed by atoms with Crippen LogP contribution in [0.5, 0.6) is 0 Å². The van der Waals surface area contributed by atoms with Crippen molar-refractivity contribution >= 4 is 0 Å². The van der Waals surface area contributed by atoms with Gasteiger partial charge in [-0.3, -0.25) is 4.90 Å². The van der Waals surface area contributed by atoms with Gasteiger partial charge >= 0.3 is 0 Å². The summed E-state index contributed by atoms with van der Waals surface area (Å²) in [5.41, 5.74) is -0.439.